The molecule has 90 valence electrons. The van der Waals surface area contributed by atoms with Crippen LogP contribution in [0.2, 0.25) is 0 Å². The molecule has 2 aliphatic rings. The van der Waals surface area contributed by atoms with E-state index in [0.717, 1.165) is 25.9 Å². The minimum Gasteiger partial charge on any atom is -0.388 e. The van der Waals surface area contributed by atoms with Crippen molar-refractivity contribution in [3.8, 4) is 0 Å². The fraction of sp³-hybridized carbons (Fsp3) is 0.700. The van der Waals surface area contributed by atoms with Gasteiger partial charge in [-0.15, -0.1) is 0 Å². The van der Waals surface area contributed by atoms with Gasteiger partial charge in [0.1, 0.15) is 0 Å². The lowest BCUT2D eigenvalue weighted by Gasteiger charge is -2.19. The van der Waals surface area contributed by atoms with Crippen molar-refractivity contribution >= 4 is 14.9 Å². The van der Waals surface area contributed by atoms with Crippen LogP contribution in [0.4, 0.5) is 0 Å². The van der Waals surface area contributed by atoms with Crippen LogP contribution in [-0.2, 0) is 9.84 Å². The van der Waals surface area contributed by atoms with E-state index in [0.29, 0.717) is 6.54 Å². The molecule has 0 spiro atoms. The molecular weight excluding hydrogens is 226 g/mol. The Balaban J connectivity index is 2.01. The quantitative estimate of drug-likeness (QED) is 0.764. The molecule has 5 nitrogen and oxygen atoms in total. The Bertz CT molecular complexity index is 417. The average Bonchev–Trinajstić information content (AvgIpc) is 2.50. The summed E-state index contributed by atoms with van der Waals surface area (Å²) in [6, 6.07) is 0. The predicted molar refractivity (Wildman–Crippen MR) is 63.5 cm³/mol. The lowest BCUT2D eigenvalue weighted by atomic mass is 10.2. The first-order chi connectivity index (χ1) is 7.60. The zero-order valence-corrected chi connectivity index (χ0v) is 10.0. The van der Waals surface area contributed by atoms with E-state index < -0.39 is 9.84 Å². The number of aliphatic imine (C=N–C) groups is 1. The van der Waals surface area contributed by atoms with E-state index in [2.05, 4.69) is 9.89 Å². The third-order valence-corrected chi connectivity index (χ3v) is 4.59. The maximum absolute atomic E-state index is 11.7. The summed E-state index contributed by atoms with van der Waals surface area (Å²) in [5, 5.41) is 0.0734. The molecule has 2 rings (SSSR count). The first-order valence-corrected chi connectivity index (χ1v) is 7.09. The fourth-order valence-corrected chi connectivity index (χ4v) is 3.03. The van der Waals surface area contributed by atoms with Crippen LogP contribution in [0.25, 0.3) is 0 Å². The molecule has 0 saturated carbocycles. The molecule has 0 aromatic heterocycles. The minimum atomic E-state index is -3.43. The van der Waals surface area contributed by atoms with Gasteiger partial charge in [-0.25, -0.2) is 13.4 Å². The van der Waals surface area contributed by atoms with Crippen LogP contribution in [0.3, 0.4) is 0 Å². The van der Waals surface area contributed by atoms with Gasteiger partial charge in [-0.2, -0.15) is 0 Å². The van der Waals surface area contributed by atoms with Crippen LogP contribution < -0.4 is 5.73 Å². The molecular formula is C10H17N3O2S. The summed E-state index contributed by atoms with van der Waals surface area (Å²) in [6.07, 6.45) is 5.97. The van der Waals surface area contributed by atoms with Crippen LogP contribution in [0, 0.1) is 0 Å². The van der Waals surface area contributed by atoms with E-state index in [1.165, 1.54) is 19.0 Å². The Morgan fingerprint density at radius 2 is 1.88 bits per heavy atom. The topological polar surface area (TPSA) is 75.8 Å². The Kier molecular flexibility index (Phi) is 3.30. The highest BCUT2D eigenvalue weighted by atomic mass is 32.2. The maximum atomic E-state index is 11.7. The van der Waals surface area contributed by atoms with Gasteiger partial charge in [-0.05, 0) is 25.9 Å². The number of nitrogens with two attached hydrogens (primary N) is 1. The second-order valence-corrected chi connectivity index (χ2v) is 6.20. The van der Waals surface area contributed by atoms with Crippen LogP contribution in [-0.4, -0.2) is 38.0 Å². The molecule has 1 fully saturated rings. The van der Waals surface area contributed by atoms with Gasteiger partial charge in [0.15, 0.2) is 10.1 Å². The van der Waals surface area contributed by atoms with E-state index in [1.54, 1.807) is 0 Å². The van der Waals surface area contributed by atoms with Gasteiger partial charge in [0.25, 0.3) is 0 Å². The van der Waals surface area contributed by atoms with Crippen LogP contribution in [0.5, 0.6) is 0 Å². The molecule has 0 radical (unpaired) electrons. The Hall–Kier alpha value is -0.880. The van der Waals surface area contributed by atoms with Gasteiger partial charge >= 0.3 is 0 Å². The molecule has 2 heterocycles. The predicted octanol–water partition coefficient (Wildman–Crippen LogP) is 0.447. The fourth-order valence-electron chi connectivity index (χ4n) is 2.02. The van der Waals surface area contributed by atoms with Crippen molar-refractivity contribution in [2.45, 2.75) is 25.7 Å². The molecule has 0 aromatic rings. The van der Waals surface area contributed by atoms with E-state index in [-0.39, 0.29) is 10.1 Å². The van der Waals surface area contributed by atoms with Gasteiger partial charge < -0.3 is 5.73 Å². The molecule has 0 amide bonds. The number of hydrogen-bond donors (Lipinski definition) is 1. The molecule has 16 heavy (non-hydrogen) atoms. The highest BCUT2D eigenvalue weighted by molar-refractivity contribution is 8.10. The molecule has 6 heteroatoms. The second kappa shape index (κ2) is 4.55. The number of rotatable bonds is 2. The van der Waals surface area contributed by atoms with Crippen LogP contribution >= 0.6 is 0 Å². The maximum Gasteiger partial charge on any atom is 0.237 e. The standard InChI is InChI=1S/C10H17N3O2S/c11-9-7-12-10(16(9,14)15)8-13-5-3-1-2-4-6-13/h7H,1-6,8,11H2. The summed E-state index contributed by atoms with van der Waals surface area (Å²) in [5.41, 5.74) is 5.38. The molecule has 0 atom stereocenters. The van der Waals surface area contributed by atoms with Crippen molar-refractivity contribution in [2.75, 3.05) is 19.6 Å². The number of sulfone groups is 1. The minimum absolute atomic E-state index is 0.127. The summed E-state index contributed by atoms with van der Waals surface area (Å²) in [5.74, 6) is 0. The first kappa shape index (κ1) is 11.6. The van der Waals surface area contributed by atoms with Crippen molar-refractivity contribution in [1.82, 2.24) is 4.90 Å². The van der Waals surface area contributed by atoms with E-state index in [9.17, 15) is 8.42 Å². The third-order valence-electron chi connectivity index (χ3n) is 3.01. The molecule has 0 aromatic carbocycles. The van der Waals surface area contributed by atoms with Gasteiger partial charge in [-0.1, -0.05) is 12.8 Å². The van der Waals surface area contributed by atoms with E-state index in [4.69, 9.17) is 5.73 Å². The lowest BCUT2D eigenvalue weighted by molar-refractivity contribution is 0.326. The van der Waals surface area contributed by atoms with Crippen LogP contribution in [0.1, 0.15) is 25.7 Å². The smallest absolute Gasteiger partial charge is 0.237 e. The lowest BCUT2D eigenvalue weighted by Crippen LogP contribution is -2.34. The molecule has 1 saturated heterocycles. The van der Waals surface area contributed by atoms with Crippen molar-refractivity contribution in [2.24, 2.45) is 10.7 Å². The van der Waals surface area contributed by atoms with Crippen molar-refractivity contribution < 1.29 is 8.42 Å². The van der Waals surface area contributed by atoms with Gasteiger partial charge in [0.2, 0.25) is 9.84 Å². The van der Waals surface area contributed by atoms with Crippen molar-refractivity contribution in [3.63, 3.8) is 0 Å². The molecule has 0 bridgehead atoms. The summed E-state index contributed by atoms with van der Waals surface area (Å²) >= 11 is 0. The van der Waals surface area contributed by atoms with Crippen LogP contribution in [0.15, 0.2) is 16.2 Å². The summed E-state index contributed by atoms with van der Waals surface area (Å²) < 4.78 is 23.4. The zero-order chi connectivity index (χ0) is 11.6. The summed E-state index contributed by atoms with van der Waals surface area (Å²) in [6.45, 7) is 2.31. The normalized spacial score (nSPS) is 26.0. The Morgan fingerprint density at radius 1 is 1.25 bits per heavy atom. The largest absolute Gasteiger partial charge is 0.388 e. The average molecular weight is 243 g/mol. The van der Waals surface area contributed by atoms with Gasteiger partial charge in [-0.3, -0.25) is 4.90 Å². The molecule has 2 aliphatic heterocycles. The zero-order valence-electron chi connectivity index (χ0n) is 9.22. The number of likely N-dealkylation sites (tertiary alicyclic amines) is 1. The molecule has 2 N–H and O–H groups in total. The number of hydrogen-bond acceptors (Lipinski definition) is 5. The van der Waals surface area contributed by atoms with E-state index >= 15 is 0 Å². The van der Waals surface area contributed by atoms with Gasteiger partial charge in [0, 0.05) is 0 Å². The van der Waals surface area contributed by atoms with Crippen molar-refractivity contribution in [1.29, 1.82) is 0 Å². The molecule has 0 unspecified atom stereocenters. The SMILES string of the molecule is NC1=CN=C(CN2CCCCCC2)S1(=O)=O. The van der Waals surface area contributed by atoms with Gasteiger partial charge in [0.05, 0.1) is 12.7 Å². The highest BCUT2D eigenvalue weighted by Crippen LogP contribution is 2.15. The highest BCUT2D eigenvalue weighted by Gasteiger charge is 2.28. The molecule has 0 aliphatic carbocycles. The third kappa shape index (κ3) is 2.27. The number of nitrogens with zero attached hydrogens (tertiary/aromatic N) is 2. The summed E-state index contributed by atoms with van der Waals surface area (Å²) in [4.78, 5) is 6.04. The van der Waals surface area contributed by atoms with Crippen molar-refractivity contribution in [3.05, 3.63) is 11.2 Å². The first-order valence-electron chi connectivity index (χ1n) is 5.60. The Labute approximate surface area is 95.9 Å². The second-order valence-electron chi connectivity index (χ2n) is 4.25. The Morgan fingerprint density at radius 3 is 2.38 bits per heavy atom. The summed E-state index contributed by atoms with van der Waals surface area (Å²) in [7, 11) is -3.43. The van der Waals surface area contributed by atoms with E-state index in [1.807, 2.05) is 0 Å². The monoisotopic (exact) mass is 243 g/mol.